The van der Waals surface area contributed by atoms with Gasteiger partial charge >= 0.3 is 0 Å². The Morgan fingerprint density at radius 2 is 0.434 bits per heavy atom. The van der Waals surface area contributed by atoms with E-state index in [2.05, 4.69) is 246 Å². The summed E-state index contributed by atoms with van der Waals surface area (Å²) >= 11 is 0. The Labute approximate surface area is 441 Å². The summed E-state index contributed by atoms with van der Waals surface area (Å²) in [6.07, 6.45) is 0. The van der Waals surface area contributed by atoms with Crippen molar-refractivity contribution in [2.45, 2.75) is 27.7 Å². The van der Waals surface area contributed by atoms with Crippen molar-refractivity contribution in [2.24, 2.45) is 0 Å². The minimum Gasteiger partial charge on any atom is -0.0617 e. The molecule has 0 heterocycles. The van der Waals surface area contributed by atoms with Crippen LogP contribution in [0, 0.1) is 27.7 Å². The van der Waals surface area contributed by atoms with Crippen molar-refractivity contribution in [3.8, 4) is 89.0 Å². The van der Waals surface area contributed by atoms with Crippen LogP contribution in [0.15, 0.2) is 218 Å². The molecule has 0 heteroatoms. The molecule has 15 aromatic carbocycles. The Bertz CT molecular complexity index is 4740. The van der Waals surface area contributed by atoms with Crippen LogP contribution in [0.25, 0.3) is 175 Å². The molecule has 0 spiro atoms. The van der Waals surface area contributed by atoms with Gasteiger partial charge in [0.15, 0.2) is 0 Å². The topological polar surface area (TPSA) is 0 Å². The highest BCUT2D eigenvalue weighted by Gasteiger charge is 2.36. The second-order valence-electron chi connectivity index (χ2n) is 21.8. The summed E-state index contributed by atoms with van der Waals surface area (Å²) in [6.45, 7) is 9.18. The number of aryl methyl sites for hydroxylation is 4. The SMILES string of the molecule is Cc1cccc(C)c1-c1c2c(c(-c3cccc4ccccc34)c3ccccc13)-c1ccc3c4ccc5c6c(ccc(c7ccc-2c1c73)c64)-c1c-5c(-c2cccc3ccccc23)c2ccccc2c1-c1c(C)cccc1C. The molecule has 0 nitrogen and oxygen atoms in total. The van der Waals surface area contributed by atoms with E-state index in [-0.39, 0.29) is 0 Å². The predicted molar refractivity (Wildman–Crippen MR) is 327 cm³/mol. The first-order chi connectivity index (χ1) is 37.4. The maximum atomic E-state index is 2.49. The summed E-state index contributed by atoms with van der Waals surface area (Å²) in [7, 11) is 0. The van der Waals surface area contributed by atoms with E-state index in [0.29, 0.717) is 0 Å². The van der Waals surface area contributed by atoms with Gasteiger partial charge < -0.3 is 0 Å². The second kappa shape index (κ2) is 15.1. The van der Waals surface area contributed by atoms with E-state index in [1.165, 1.54) is 197 Å². The Kier molecular flexibility index (Phi) is 8.37. The molecular weight excluding hydrogens is 913 g/mol. The summed E-state index contributed by atoms with van der Waals surface area (Å²) in [5, 5.41) is 20.9. The fraction of sp³-hybridized carbons (Fsp3) is 0.0526. The molecule has 0 saturated carbocycles. The van der Waals surface area contributed by atoms with Gasteiger partial charge in [-0.15, -0.1) is 0 Å². The molecule has 17 rings (SSSR count). The molecule has 0 bridgehead atoms. The molecule has 352 valence electrons. The average Bonchev–Trinajstić information content (AvgIpc) is 4.18. The molecule has 0 amide bonds. The van der Waals surface area contributed by atoms with Gasteiger partial charge in [0.25, 0.3) is 0 Å². The van der Waals surface area contributed by atoms with Gasteiger partial charge in [-0.2, -0.15) is 0 Å². The van der Waals surface area contributed by atoms with Crippen molar-refractivity contribution in [3.63, 3.8) is 0 Å². The number of rotatable bonds is 4. The number of hydrogen-bond acceptors (Lipinski definition) is 0. The van der Waals surface area contributed by atoms with E-state index >= 15 is 0 Å². The fourth-order valence-electron chi connectivity index (χ4n) is 15.1. The first kappa shape index (κ1) is 42.0. The highest BCUT2D eigenvalue weighted by Crippen LogP contribution is 2.64. The van der Waals surface area contributed by atoms with Crippen LogP contribution in [0.1, 0.15) is 22.3 Å². The van der Waals surface area contributed by atoms with E-state index in [4.69, 9.17) is 0 Å². The zero-order chi connectivity index (χ0) is 50.2. The standard InChI is InChI=1S/C76H48/c1-41-17-13-18-42(2)63(41)71-53-29-11-9-27-51(53)67(49-31-15-23-45-21-5-7-25-47(45)49)73-59-37-33-55-56-34-38-60-70-62(40-36-58(66(56)70)57-35-39-61(75(71)73)69(59)65(55)57)76-72(64-43(3)19-14-20-44(64)4)54-30-12-10-28-52(54)68(74(60)76)50-32-16-24-46-22-6-8-26-48(46)50/h5-40H,1-4H3. The lowest BCUT2D eigenvalue weighted by molar-refractivity contribution is 1.39. The van der Waals surface area contributed by atoms with E-state index < -0.39 is 0 Å². The molecule has 2 aliphatic carbocycles. The third-order valence-electron chi connectivity index (χ3n) is 18.0. The van der Waals surface area contributed by atoms with E-state index in [1.807, 2.05) is 0 Å². The van der Waals surface area contributed by atoms with Gasteiger partial charge in [-0.05, 0) is 225 Å². The summed E-state index contributed by atoms with van der Waals surface area (Å²) in [6, 6.07) is 83.5. The van der Waals surface area contributed by atoms with Gasteiger partial charge in [0, 0.05) is 0 Å². The molecule has 0 N–H and O–H groups in total. The third kappa shape index (κ3) is 5.28. The summed E-state index contributed by atoms with van der Waals surface area (Å²) < 4.78 is 0. The van der Waals surface area contributed by atoms with Crippen molar-refractivity contribution in [3.05, 3.63) is 241 Å². The predicted octanol–water partition coefficient (Wildman–Crippen LogP) is 21.5. The molecule has 0 radical (unpaired) electrons. The van der Waals surface area contributed by atoms with Gasteiger partial charge in [-0.1, -0.05) is 218 Å². The van der Waals surface area contributed by atoms with Crippen LogP contribution >= 0.6 is 0 Å². The number of benzene rings is 15. The maximum absolute atomic E-state index is 2.49. The van der Waals surface area contributed by atoms with Crippen molar-refractivity contribution < 1.29 is 0 Å². The molecule has 76 heavy (non-hydrogen) atoms. The maximum Gasteiger partial charge on any atom is -0.000718 e. The highest BCUT2D eigenvalue weighted by atomic mass is 14.4. The van der Waals surface area contributed by atoms with Crippen molar-refractivity contribution in [2.75, 3.05) is 0 Å². The minimum absolute atomic E-state index is 1.26. The molecule has 2 aliphatic rings. The molecule has 0 unspecified atom stereocenters. The van der Waals surface area contributed by atoms with Gasteiger partial charge in [0.2, 0.25) is 0 Å². The number of fused-ring (bicyclic) bond motifs is 12. The van der Waals surface area contributed by atoms with Crippen LogP contribution in [0.3, 0.4) is 0 Å². The zero-order valence-corrected chi connectivity index (χ0v) is 42.8. The molecule has 15 aromatic rings. The lowest BCUT2D eigenvalue weighted by atomic mass is 9.80. The summed E-state index contributed by atoms with van der Waals surface area (Å²) in [5.41, 5.74) is 26.4. The molecule has 0 atom stereocenters. The zero-order valence-electron chi connectivity index (χ0n) is 42.8. The first-order valence-electron chi connectivity index (χ1n) is 26.9. The first-order valence-corrected chi connectivity index (χ1v) is 26.9. The summed E-state index contributed by atoms with van der Waals surface area (Å²) in [4.78, 5) is 0. The van der Waals surface area contributed by atoms with Crippen LogP contribution in [0.2, 0.25) is 0 Å². The highest BCUT2D eigenvalue weighted by molar-refractivity contribution is 6.43. The lowest BCUT2D eigenvalue weighted by Crippen LogP contribution is -1.97. The Balaban J connectivity index is 1.02. The fourth-order valence-corrected chi connectivity index (χ4v) is 15.1. The quantitative estimate of drug-likeness (QED) is 0.122. The summed E-state index contributed by atoms with van der Waals surface area (Å²) in [5.74, 6) is 0. The van der Waals surface area contributed by atoms with Crippen LogP contribution in [0.4, 0.5) is 0 Å². The van der Waals surface area contributed by atoms with Crippen molar-refractivity contribution in [1.29, 1.82) is 0 Å². The Morgan fingerprint density at radius 3 is 0.789 bits per heavy atom. The largest absolute Gasteiger partial charge is 0.0617 e. The van der Waals surface area contributed by atoms with Crippen LogP contribution in [0.5, 0.6) is 0 Å². The molecule has 0 saturated heterocycles. The third-order valence-corrected chi connectivity index (χ3v) is 18.0. The monoisotopic (exact) mass is 960 g/mol. The molecule has 0 fully saturated rings. The van der Waals surface area contributed by atoms with Crippen molar-refractivity contribution >= 4 is 86.2 Å². The van der Waals surface area contributed by atoms with Gasteiger partial charge in [0.1, 0.15) is 0 Å². The van der Waals surface area contributed by atoms with E-state index in [0.717, 1.165) is 0 Å². The van der Waals surface area contributed by atoms with E-state index in [9.17, 15) is 0 Å². The van der Waals surface area contributed by atoms with E-state index in [1.54, 1.807) is 0 Å². The molecular formula is C76H48. The van der Waals surface area contributed by atoms with Crippen LogP contribution < -0.4 is 0 Å². The van der Waals surface area contributed by atoms with Crippen LogP contribution in [-0.2, 0) is 0 Å². The van der Waals surface area contributed by atoms with Gasteiger partial charge in [0.05, 0.1) is 0 Å². The normalized spacial score (nSPS) is 12.5. The van der Waals surface area contributed by atoms with Gasteiger partial charge in [-0.25, -0.2) is 0 Å². The smallest absolute Gasteiger partial charge is 0.000718 e. The Hall–Kier alpha value is -9.36. The Morgan fingerprint density at radius 1 is 0.158 bits per heavy atom. The van der Waals surface area contributed by atoms with Gasteiger partial charge in [-0.3, -0.25) is 0 Å². The molecule has 0 aliphatic heterocycles. The minimum atomic E-state index is 1.26. The van der Waals surface area contributed by atoms with Crippen molar-refractivity contribution in [1.82, 2.24) is 0 Å². The van der Waals surface area contributed by atoms with Crippen LogP contribution in [-0.4, -0.2) is 0 Å². The molecule has 0 aromatic heterocycles. The number of hydrogen-bond donors (Lipinski definition) is 0. The lowest BCUT2D eigenvalue weighted by Gasteiger charge is -2.23. The average molecular weight is 961 g/mol. The second-order valence-corrected chi connectivity index (χ2v) is 21.8.